The van der Waals surface area contributed by atoms with Gasteiger partial charge in [-0.3, -0.25) is 9.47 Å². The van der Waals surface area contributed by atoms with E-state index in [0.29, 0.717) is 0 Å². The Hall–Kier alpha value is -2.99. The van der Waals surface area contributed by atoms with Crippen LogP contribution in [0, 0.1) is 6.92 Å². The summed E-state index contributed by atoms with van der Waals surface area (Å²) in [5.74, 6) is 2.67. The average Bonchev–Trinajstić information content (AvgIpc) is 3.24. The van der Waals surface area contributed by atoms with Gasteiger partial charge in [-0.05, 0) is 36.8 Å². The number of imidazole rings is 1. The molecule has 1 aliphatic heterocycles. The Balaban J connectivity index is 1.42. The summed E-state index contributed by atoms with van der Waals surface area (Å²) in [6.07, 6.45) is 3.92. The van der Waals surface area contributed by atoms with Gasteiger partial charge < -0.3 is 14.4 Å². The van der Waals surface area contributed by atoms with Crippen molar-refractivity contribution in [3.05, 3.63) is 66.0 Å². The molecule has 0 amide bonds. The number of aromatic nitrogens is 2. The second-order valence-corrected chi connectivity index (χ2v) is 7.42. The van der Waals surface area contributed by atoms with Crippen LogP contribution in [0.2, 0.25) is 0 Å². The third kappa shape index (κ3) is 4.38. The van der Waals surface area contributed by atoms with Gasteiger partial charge in [0.1, 0.15) is 11.5 Å². The molecule has 3 aromatic rings. The van der Waals surface area contributed by atoms with Gasteiger partial charge in [0, 0.05) is 56.9 Å². The number of hydrogen-bond acceptors (Lipinski definition) is 5. The van der Waals surface area contributed by atoms with Crippen LogP contribution >= 0.6 is 0 Å². The van der Waals surface area contributed by atoms with Crippen LogP contribution in [0.5, 0.6) is 11.5 Å². The summed E-state index contributed by atoms with van der Waals surface area (Å²) < 4.78 is 13.0. The first kappa shape index (κ1) is 19.3. The fourth-order valence-electron chi connectivity index (χ4n) is 3.76. The number of anilines is 1. The molecule has 2 aromatic carbocycles. The fraction of sp³-hybridized carbons (Fsp3) is 0.348. The molecule has 152 valence electrons. The second-order valence-electron chi connectivity index (χ2n) is 7.42. The molecule has 6 nitrogen and oxygen atoms in total. The molecule has 29 heavy (non-hydrogen) atoms. The lowest BCUT2D eigenvalue weighted by molar-refractivity contribution is 0.248. The molecule has 1 aliphatic rings. The highest BCUT2D eigenvalue weighted by Gasteiger charge is 2.21. The molecule has 0 spiro atoms. The summed E-state index contributed by atoms with van der Waals surface area (Å²) in [5, 5.41) is 0. The molecular formula is C23H28N4O2. The molecular weight excluding hydrogens is 364 g/mol. The normalized spacial score (nSPS) is 14.8. The van der Waals surface area contributed by atoms with Gasteiger partial charge in [0.25, 0.3) is 0 Å². The third-order valence-corrected chi connectivity index (χ3v) is 5.41. The van der Waals surface area contributed by atoms with Crippen molar-refractivity contribution in [2.75, 3.05) is 45.3 Å². The predicted octanol–water partition coefficient (Wildman–Crippen LogP) is 3.52. The van der Waals surface area contributed by atoms with Crippen LogP contribution in [0.3, 0.4) is 0 Å². The molecule has 0 unspecified atom stereocenters. The van der Waals surface area contributed by atoms with E-state index in [-0.39, 0.29) is 0 Å². The van der Waals surface area contributed by atoms with Gasteiger partial charge in [-0.25, -0.2) is 4.98 Å². The Kier molecular flexibility index (Phi) is 5.71. The summed E-state index contributed by atoms with van der Waals surface area (Å²) >= 11 is 0. The molecule has 2 heterocycles. The molecule has 4 rings (SSSR count). The number of piperazine rings is 1. The van der Waals surface area contributed by atoms with Crippen LogP contribution in [-0.4, -0.2) is 54.8 Å². The molecule has 1 aromatic heterocycles. The minimum Gasteiger partial charge on any atom is -0.497 e. The Morgan fingerprint density at radius 1 is 0.897 bits per heavy atom. The van der Waals surface area contributed by atoms with E-state index in [1.54, 1.807) is 14.2 Å². The molecule has 0 bridgehead atoms. The monoisotopic (exact) mass is 392 g/mol. The fourth-order valence-corrected chi connectivity index (χ4v) is 3.76. The highest BCUT2D eigenvalue weighted by Crippen LogP contribution is 2.25. The van der Waals surface area contributed by atoms with Crippen LogP contribution in [0.15, 0.2) is 54.9 Å². The van der Waals surface area contributed by atoms with Crippen LogP contribution in [0.1, 0.15) is 11.1 Å². The van der Waals surface area contributed by atoms with E-state index in [2.05, 4.69) is 62.7 Å². The summed E-state index contributed by atoms with van der Waals surface area (Å²) in [5.41, 5.74) is 3.61. The molecule has 0 saturated carbocycles. The van der Waals surface area contributed by atoms with Gasteiger partial charge in [-0.15, -0.1) is 0 Å². The van der Waals surface area contributed by atoms with Crippen molar-refractivity contribution >= 4 is 5.95 Å². The smallest absolute Gasteiger partial charge is 0.210 e. The van der Waals surface area contributed by atoms with Crippen molar-refractivity contribution in [1.82, 2.24) is 14.5 Å². The van der Waals surface area contributed by atoms with Gasteiger partial charge in [-0.1, -0.05) is 17.7 Å². The van der Waals surface area contributed by atoms with E-state index in [0.717, 1.165) is 55.9 Å². The Labute approximate surface area is 172 Å². The van der Waals surface area contributed by atoms with Gasteiger partial charge in [0.05, 0.1) is 14.2 Å². The molecule has 0 aliphatic carbocycles. The van der Waals surface area contributed by atoms with E-state index >= 15 is 0 Å². The molecule has 1 saturated heterocycles. The lowest BCUT2D eigenvalue weighted by Gasteiger charge is -2.35. The van der Waals surface area contributed by atoms with Crippen molar-refractivity contribution in [3.8, 4) is 17.2 Å². The number of methoxy groups -OCH3 is 2. The SMILES string of the molecule is COc1cc(CN2CCN(c3nccn3-c3ccc(C)cc3)CC2)cc(OC)c1. The second kappa shape index (κ2) is 8.57. The maximum absolute atomic E-state index is 5.40. The number of hydrogen-bond donors (Lipinski definition) is 0. The number of benzene rings is 2. The summed E-state index contributed by atoms with van der Waals surface area (Å²) in [4.78, 5) is 9.46. The number of aryl methyl sites for hydroxylation is 1. The third-order valence-electron chi connectivity index (χ3n) is 5.41. The van der Waals surface area contributed by atoms with E-state index in [9.17, 15) is 0 Å². The van der Waals surface area contributed by atoms with Crippen molar-refractivity contribution in [1.29, 1.82) is 0 Å². The largest absolute Gasteiger partial charge is 0.497 e. The Morgan fingerprint density at radius 2 is 1.55 bits per heavy atom. The highest BCUT2D eigenvalue weighted by molar-refractivity contribution is 5.45. The molecule has 6 heteroatoms. The lowest BCUT2D eigenvalue weighted by Crippen LogP contribution is -2.46. The zero-order valence-corrected chi connectivity index (χ0v) is 17.3. The summed E-state index contributed by atoms with van der Waals surface area (Å²) in [6.45, 7) is 6.86. The van der Waals surface area contributed by atoms with Crippen molar-refractivity contribution < 1.29 is 9.47 Å². The van der Waals surface area contributed by atoms with Crippen molar-refractivity contribution in [3.63, 3.8) is 0 Å². The summed E-state index contributed by atoms with van der Waals surface area (Å²) in [6, 6.07) is 14.6. The number of nitrogens with zero attached hydrogens (tertiary/aromatic N) is 4. The first-order valence-electron chi connectivity index (χ1n) is 9.96. The van der Waals surface area contributed by atoms with Crippen LogP contribution in [0.25, 0.3) is 5.69 Å². The van der Waals surface area contributed by atoms with Gasteiger partial charge in [0.2, 0.25) is 5.95 Å². The maximum Gasteiger partial charge on any atom is 0.210 e. The Morgan fingerprint density at radius 3 is 2.17 bits per heavy atom. The lowest BCUT2D eigenvalue weighted by atomic mass is 10.1. The number of rotatable bonds is 6. The van der Waals surface area contributed by atoms with E-state index in [1.807, 2.05) is 18.5 Å². The van der Waals surface area contributed by atoms with E-state index in [1.165, 1.54) is 11.1 Å². The summed E-state index contributed by atoms with van der Waals surface area (Å²) in [7, 11) is 3.38. The van der Waals surface area contributed by atoms with Crippen molar-refractivity contribution in [2.45, 2.75) is 13.5 Å². The van der Waals surface area contributed by atoms with Crippen LogP contribution in [-0.2, 0) is 6.54 Å². The molecule has 0 radical (unpaired) electrons. The molecule has 0 N–H and O–H groups in total. The van der Waals surface area contributed by atoms with E-state index < -0.39 is 0 Å². The van der Waals surface area contributed by atoms with Gasteiger partial charge in [-0.2, -0.15) is 0 Å². The topological polar surface area (TPSA) is 42.8 Å². The molecule has 0 atom stereocenters. The number of ether oxygens (including phenoxy) is 2. The maximum atomic E-state index is 5.40. The predicted molar refractivity (Wildman–Crippen MR) is 115 cm³/mol. The first-order chi connectivity index (χ1) is 14.2. The Bertz CT molecular complexity index is 922. The molecule has 1 fully saturated rings. The van der Waals surface area contributed by atoms with Crippen molar-refractivity contribution in [2.24, 2.45) is 0 Å². The zero-order chi connectivity index (χ0) is 20.2. The minimum atomic E-state index is 0.832. The zero-order valence-electron chi connectivity index (χ0n) is 17.3. The highest BCUT2D eigenvalue weighted by atomic mass is 16.5. The minimum absolute atomic E-state index is 0.832. The van der Waals surface area contributed by atoms with Gasteiger partial charge >= 0.3 is 0 Å². The van der Waals surface area contributed by atoms with Crippen LogP contribution in [0.4, 0.5) is 5.95 Å². The van der Waals surface area contributed by atoms with Gasteiger partial charge in [0.15, 0.2) is 0 Å². The van der Waals surface area contributed by atoms with Crippen LogP contribution < -0.4 is 14.4 Å². The average molecular weight is 393 g/mol. The van der Waals surface area contributed by atoms with E-state index in [4.69, 9.17) is 9.47 Å². The standard InChI is InChI=1S/C23H28N4O2/c1-18-4-6-20(7-5-18)27-9-8-24-23(27)26-12-10-25(11-13-26)17-19-14-21(28-2)16-22(15-19)29-3/h4-9,14-16H,10-13,17H2,1-3H3. The first-order valence-corrected chi connectivity index (χ1v) is 9.96. The quantitative estimate of drug-likeness (QED) is 0.642.